The molecule has 3 aromatic rings. The molecule has 162 valence electrons. The summed E-state index contributed by atoms with van der Waals surface area (Å²) in [6, 6.07) is 7.09. The Balaban J connectivity index is 1.76. The minimum absolute atomic E-state index is 0.0231. The first-order valence-electron chi connectivity index (χ1n) is 10.2. The van der Waals surface area contributed by atoms with Gasteiger partial charge in [0.2, 0.25) is 0 Å². The second kappa shape index (κ2) is 8.21. The number of benzene rings is 1. The number of esters is 1. The Bertz CT molecular complexity index is 1280. The molecule has 3 N–H and O–H groups in total. The second-order valence-electron chi connectivity index (χ2n) is 7.53. The molecular weight excluding hydrogens is 400 g/mol. The quantitative estimate of drug-likeness (QED) is 0.252. The second-order valence-corrected chi connectivity index (χ2v) is 7.53. The van der Waals surface area contributed by atoms with Gasteiger partial charge in [-0.25, -0.2) is 9.78 Å². The van der Waals surface area contributed by atoms with Crippen molar-refractivity contribution in [3.05, 3.63) is 50.7 Å². The van der Waals surface area contributed by atoms with E-state index in [1.165, 1.54) is 11.7 Å². The third-order valence-electron chi connectivity index (χ3n) is 5.56. The highest BCUT2D eigenvalue weighted by Gasteiger charge is 2.24. The van der Waals surface area contributed by atoms with Crippen molar-refractivity contribution in [3.63, 3.8) is 0 Å². The van der Waals surface area contributed by atoms with Crippen LogP contribution in [-0.4, -0.2) is 37.6 Å². The zero-order chi connectivity index (χ0) is 22.1. The van der Waals surface area contributed by atoms with Crippen LogP contribution in [0.3, 0.4) is 0 Å². The highest BCUT2D eigenvalue weighted by Crippen LogP contribution is 2.26. The maximum absolute atomic E-state index is 13.1. The molecule has 0 saturated carbocycles. The van der Waals surface area contributed by atoms with E-state index < -0.39 is 5.56 Å². The molecule has 10 nitrogen and oxygen atoms in total. The molecule has 3 heterocycles. The number of methoxy groups -OCH3 is 1. The maximum atomic E-state index is 13.1. The number of nitrogens with zero attached hydrogens (tertiary/aromatic N) is 4. The van der Waals surface area contributed by atoms with Crippen LogP contribution in [0.2, 0.25) is 0 Å². The third kappa shape index (κ3) is 3.65. The van der Waals surface area contributed by atoms with E-state index in [0.29, 0.717) is 43.0 Å². The van der Waals surface area contributed by atoms with Crippen molar-refractivity contribution >= 4 is 23.0 Å². The summed E-state index contributed by atoms with van der Waals surface area (Å²) in [5, 5.41) is 7.54. The molecule has 1 aliphatic rings. The molecule has 0 aliphatic carbocycles. The van der Waals surface area contributed by atoms with E-state index in [4.69, 9.17) is 11.1 Å². The van der Waals surface area contributed by atoms with Crippen molar-refractivity contribution in [1.82, 2.24) is 18.7 Å². The number of hydrogen-bond acceptors (Lipinski definition) is 6. The Morgan fingerprint density at radius 3 is 2.55 bits per heavy atom. The average molecular weight is 424 g/mol. The van der Waals surface area contributed by atoms with Crippen molar-refractivity contribution in [2.24, 2.45) is 5.73 Å². The van der Waals surface area contributed by atoms with Crippen LogP contribution in [0.1, 0.15) is 31.2 Å². The molecule has 0 spiro atoms. The number of aryl methyl sites for hydroxylation is 2. The fraction of sp³-hybridized carbons (Fsp3) is 0.381. The molecule has 31 heavy (non-hydrogen) atoms. The summed E-state index contributed by atoms with van der Waals surface area (Å²) in [7, 11) is 1.33. The first kappa shape index (κ1) is 20.6. The van der Waals surface area contributed by atoms with Gasteiger partial charge in [0.1, 0.15) is 11.7 Å². The number of hydrogen-bond donors (Lipinski definition) is 2. The van der Waals surface area contributed by atoms with Crippen molar-refractivity contribution < 1.29 is 9.53 Å². The first-order chi connectivity index (χ1) is 14.9. The van der Waals surface area contributed by atoms with Crippen LogP contribution in [-0.2, 0) is 29.2 Å². The van der Waals surface area contributed by atoms with Crippen LogP contribution < -0.4 is 17.0 Å². The van der Waals surface area contributed by atoms with E-state index >= 15 is 0 Å². The van der Waals surface area contributed by atoms with Crippen LogP contribution in [0.5, 0.6) is 0 Å². The van der Waals surface area contributed by atoms with Gasteiger partial charge in [0.25, 0.3) is 5.56 Å². The van der Waals surface area contributed by atoms with Gasteiger partial charge in [-0.2, -0.15) is 0 Å². The zero-order valence-electron chi connectivity index (χ0n) is 17.3. The molecule has 0 atom stereocenters. The van der Waals surface area contributed by atoms with E-state index in [1.54, 1.807) is 16.7 Å². The summed E-state index contributed by atoms with van der Waals surface area (Å²) < 4.78 is 9.36. The highest BCUT2D eigenvalue weighted by molar-refractivity contribution is 5.95. The Hall–Kier alpha value is -3.69. The monoisotopic (exact) mass is 424 g/mol. The molecule has 4 rings (SSSR count). The molecule has 0 amide bonds. The predicted molar refractivity (Wildman–Crippen MR) is 115 cm³/mol. The Morgan fingerprint density at radius 2 is 1.87 bits per heavy atom. The van der Waals surface area contributed by atoms with Gasteiger partial charge in [0.15, 0.2) is 11.2 Å². The van der Waals surface area contributed by atoms with Gasteiger partial charge in [-0.05, 0) is 19.3 Å². The molecule has 0 unspecified atom stereocenters. The molecule has 0 fully saturated rings. The smallest absolute Gasteiger partial charge is 0.332 e. The van der Waals surface area contributed by atoms with E-state index in [9.17, 15) is 14.4 Å². The van der Waals surface area contributed by atoms with Gasteiger partial charge < -0.3 is 15.0 Å². The number of rotatable bonds is 7. The highest BCUT2D eigenvalue weighted by atomic mass is 16.5. The van der Waals surface area contributed by atoms with Crippen LogP contribution in [0, 0.1) is 5.41 Å². The number of imidazole rings is 1. The van der Waals surface area contributed by atoms with Crippen molar-refractivity contribution in [2.75, 3.05) is 7.11 Å². The normalized spacial score (nSPS) is 12.8. The lowest BCUT2D eigenvalue weighted by molar-refractivity contribution is -0.140. The fourth-order valence-electron chi connectivity index (χ4n) is 3.97. The van der Waals surface area contributed by atoms with Crippen molar-refractivity contribution in [1.29, 1.82) is 5.41 Å². The predicted octanol–water partition coefficient (Wildman–Crippen LogP) is 1.06. The standard InChI is InChI=1S/C21H24N6O4/c1-31-15(28)5-2-3-10-27-20(29)16-19-25(11-4-12-26(19)21(27)30)18(24-16)14-8-6-13(7-9-14)17(22)23/h6-9H,2-5,10-12H2,1H3,(H3,22,23). The first-order valence-corrected chi connectivity index (χ1v) is 10.2. The summed E-state index contributed by atoms with van der Waals surface area (Å²) in [6.07, 6.45) is 2.03. The number of amidine groups is 1. The molecular formula is C21H24N6O4. The Morgan fingerprint density at radius 1 is 1.16 bits per heavy atom. The molecule has 2 aromatic heterocycles. The summed E-state index contributed by atoms with van der Waals surface area (Å²) in [4.78, 5) is 42.0. The number of nitrogens with two attached hydrogens (primary N) is 1. The van der Waals surface area contributed by atoms with Gasteiger partial charge in [-0.1, -0.05) is 24.3 Å². The minimum atomic E-state index is -0.420. The average Bonchev–Trinajstić information content (AvgIpc) is 3.17. The van der Waals surface area contributed by atoms with Crippen LogP contribution in [0.4, 0.5) is 0 Å². The lowest BCUT2D eigenvalue weighted by Gasteiger charge is -2.19. The molecule has 0 saturated heterocycles. The van der Waals surface area contributed by atoms with Gasteiger partial charge >= 0.3 is 11.7 Å². The van der Waals surface area contributed by atoms with Crippen molar-refractivity contribution in [3.8, 4) is 11.4 Å². The van der Waals surface area contributed by atoms with E-state index in [2.05, 4.69) is 9.72 Å². The number of carbonyl (C=O) groups excluding carboxylic acids is 1. The van der Waals surface area contributed by atoms with Gasteiger partial charge in [0, 0.05) is 37.2 Å². The minimum Gasteiger partial charge on any atom is -0.469 e. The number of nitrogens with one attached hydrogen (secondary N) is 1. The summed E-state index contributed by atoms with van der Waals surface area (Å²) >= 11 is 0. The fourth-order valence-corrected chi connectivity index (χ4v) is 3.97. The van der Waals surface area contributed by atoms with E-state index in [1.807, 2.05) is 16.7 Å². The maximum Gasteiger partial charge on any atom is 0.332 e. The molecule has 1 aromatic carbocycles. The summed E-state index contributed by atoms with van der Waals surface area (Å²) in [5.74, 6) is 0.275. The van der Waals surface area contributed by atoms with Crippen LogP contribution in [0.25, 0.3) is 22.6 Å². The number of carbonyl (C=O) groups is 1. The number of ether oxygens (including phenoxy) is 1. The molecule has 0 radical (unpaired) electrons. The SMILES string of the molecule is COC(=O)CCCCn1c(=O)c2nc(-c3ccc(C(=N)N)cc3)n3c2n(c1=O)CCC3. The lowest BCUT2D eigenvalue weighted by atomic mass is 10.1. The van der Waals surface area contributed by atoms with Gasteiger partial charge in [-0.15, -0.1) is 0 Å². The summed E-state index contributed by atoms with van der Waals surface area (Å²) in [5.41, 5.74) is 6.95. The molecule has 1 aliphatic heterocycles. The molecule has 0 bridgehead atoms. The number of unbranched alkanes of at least 4 members (excludes halogenated alkanes) is 1. The van der Waals surface area contributed by atoms with Crippen molar-refractivity contribution in [2.45, 2.75) is 45.3 Å². The lowest BCUT2D eigenvalue weighted by Crippen LogP contribution is -2.41. The van der Waals surface area contributed by atoms with E-state index in [0.717, 1.165) is 12.0 Å². The van der Waals surface area contributed by atoms with Gasteiger partial charge in [0.05, 0.1) is 7.11 Å². The Labute approximate surface area is 177 Å². The molecule has 10 heteroatoms. The van der Waals surface area contributed by atoms with Gasteiger partial charge in [-0.3, -0.25) is 24.1 Å². The number of nitrogen functional groups attached to an aromatic ring is 1. The van der Waals surface area contributed by atoms with Crippen LogP contribution >= 0.6 is 0 Å². The summed E-state index contributed by atoms with van der Waals surface area (Å²) in [6.45, 7) is 1.40. The zero-order valence-corrected chi connectivity index (χ0v) is 17.3. The Kier molecular flexibility index (Phi) is 5.45. The van der Waals surface area contributed by atoms with Crippen LogP contribution in [0.15, 0.2) is 33.9 Å². The number of aromatic nitrogens is 4. The third-order valence-corrected chi connectivity index (χ3v) is 5.56. The largest absolute Gasteiger partial charge is 0.469 e. The topological polar surface area (TPSA) is 138 Å². The van der Waals surface area contributed by atoms with E-state index in [-0.39, 0.29) is 36.0 Å².